The summed E-state index contributed by atoms with van der Waals surface area (Å²) in [5.74, 6) is 0.0138. The second kappa shape index (κ2) is 5.01. The number of ether oxygens (including phenoxy) is 1. The van der Waals surface area contributed by atoms with E-state index in [2.05, 4.69) is 0 Å². The first-order chi connectivity index (χ1) is 6.65. The van der Waals surface area contributed by atoms with E-state index < -0.39 is 0 Å². The molecule has 0 bridgehead atoms. The monoisotopic (exact) mass is 212 g/mol. The van der Waals surface area contributed by atoms with Crippen molar-refractivity contribution >= 4 is 17.6 Å². The molecule has 0 spiro atoms. The highest BCUT2D eigenvalue weighted by Crippen LogP contribution is 2.13. The lowest BCUT2D eigenvalue weighted by atomic mass is 10.1. The Balaban J connectivity index is 2.88. The summed E-state index contributed by atoms with van der Waals surface area (Å²) in [7, 11) is 0. The Morgan fingerprint density at radius 2 is 2.07 bits per heavy atom. The van der Waals surface area contributed by atoms with Gasteiger partial charge in [-0.1, -0.05) is 18.2 Å². The molecule has 0 aliphatic carbocycles. The molecular formula is C11H13ClO2. The van der Waals surface area contributed by atoms with Crippen LogP contribution in [0.25, 0.3) is 0 Å². The third-order valence-electron chi connectivity index (χ3n) is 1.72. The Labute approximate surface area is 88.8 Å². The molecule has 0 N–H and O–H groups in total. The Morgan fingerprint density at radius 3 is 2.64 bits per heavy atom. The Kier molecular flexibility index (Phi) is 3.96. The fourth-order valence-corrected chi connectivity index (χ4v) is 1.35. The van der Waals surface area contributed by atoms with Gasteiger partial charge in [0, 0.05) is 5.88 Å². The van der Waals surface area contributed by atoms with Crippen LogP contribution in [0.2, 0.25) is 0 Å². The average Bonchev–Trinajstić information content (AvgIpc) is 2.16. The third kappa shape index (κ3) is 2.74. The molecular weight excluding hydrogens is 200 g/mol. The van der Waals surface area contributed by atoms with E-state index in [1.165, 1.54) is 0 Å². The van der Waals surface area contributed by atoms with Gasteiger partial charge in [-0.05, 0) is 25.5 Å². The second-order valence-electron chi connectivity index (χ2n) is 3.24. The molecule has 0 amide bonds. The van der Waals surface area contributed by atoms with Gasteiger partial charge in [-0.25, -0.2) is 4.79 Å². The Bertz CT molecular complexity index is 321. The van der Waals surface area contributed by atoms with E-state index in [9.17, 15) is 4.79 Å². The topological polar surface area (TPSA) is 26.3 Å². The maximum Gasteiger partial charge on any atom is 0.338 e. The van der Waals surface area contributed by atoms with Gasteiger partial charge in [0.2, 0.25) is 0 Å². The van der Waals surface area contributed by atoms with E-state index in [4.69, 9.17) is 16.3 Å². The molecule has 0 unspecified atom stereocenters. The fraction of sp³-hybridized carbons (Fsp3) is 0.364. The lowest BCUT2D eigenvalue weighted by Gasteiger charge is -2.09. The van der Waals surface area contributed by atoms with Gasteiger partial charge in [-0.2, -0.15) is 0 Å². The Morgan fingerprint density at radius 1 is 1.43 bits per heavy atom. The second-order valence-corrected chi connectivity index (χ2v) is 3.51. The zero-order chi connectivity index (χ0) is 10.6. The van der Waals surface area contributed by atoms with Crippen molar-refractivity contribution in [1.82, 2.24) is 0 Å². The van der Waals surface area contributed by atoms with Gasteiger partial charge in [0.15, 0.2) is 0 Å². The van der Waals surface area contributed by atoms with Crippen LogP contribution in [0.15, 0.2) is 24.3 Å². The van der Waals surface area contributed by atoms with Crippen molar-refractivity contribution < 1.29 is 9.53 Å². The Hall–Kier alpha value is -1.02. The van der Waals surface area contributed by atoms with Gasteiger partial charge < -0.3 is 4.74 Å². The molecule has 2 nitrogen and oxygen atoms in total. The van der Waals surface area contributed by atoms with Crippen molar-refractivity contribution in [2.75, 3.05) is 0 Å². The van der Waals surface area contributed by atoms with Crippen molar-refractivity contribution in [3.8, 4) is 0 Å². The smallest absolute Gasteiger partial charge is 0.338 e. The minimum absolute atomic E-state index is 0.106. The molecule has 3 heteroatoms. The quantitative estimate of drug-likeness (QED) is 0.569. The molecule has 1 aromatic carbocycles. The van der Waals surface area contributed by atoms with Crippen LogP contribution in [0.3, 0.4) is 0 Å². The highest BCUT2D eigenvalue weighted by Gasteiger charge is 2.12. The molecule has 0 aliphatic heterocycles. The normalized spacial score (nSPS) is 10.3. The van der Waals surface area contributed by atoms with Crippen molar-refractivity contribution in [2.24, 2.45) is 0 Å². The predicted molar refractivity (Wildman–Crippen MR) is 56.6 cm³/mol. The van der Waals surface area contributed by atoms with Crippen molar-refractivity contribution in [1.29, 1.82) is 0 Å². The summed E-state index contributed by atoms with van der Waals surface area (Å²) in [5.41, 5.74) is 1.36. The molecule has 0 saturated carbocycles. The average molecular weight is 213 g/mol. The number of carbonyl (C=O) groups excluding carboxylic acids is 1. The van der Waals surface area contributed by atoms with Gasteiger partial charge in [-0.15, -0.1) is 11.6 Å². The standard InChI is InChI=1S/C11H13ClO2/c1-8(2)14-11(13)10-6-4-3-5-9(10)7-12/h3-6,8H,7H2,1-2H3. The predicted octanol–water partition coefficient (Wildman–Crippen LogP) is 2.99. The van der Waals surface area contributed by atoms with E-state index in [0.717, 1.165) is 5.56 Å². The molecule has 14 heavy (non-hydrogen) atoms. The zero-order valence-corrected chi connectivity index (χ0v) is 9.04. The number of esters is 1. The van der Waals surface area contributed by atoms with Gasteiger partial charge >= 0.3 is 5.97 Å². The molecule has 76 valence electrons. The lowest BCUT2D eigenvalue weighted by Crippen LogP contribution is -2.13. The number of rotatable bonds is 3. The highest BCUT2D eigenvalue weighted by molar-refractivity contribution is 6.17. The number of benzene rings is 1. The minimum Gasteiger partial charge on any atom is -0.459 e. The zero-order valence-electron chi connectivity index (χ0n) is 8.29. The summed E-state index contributed by atoms with van der Waals surface area (Å²) in [6.45, 7) is 3.64. The number of carbonyl (C=O) groups is 1. The lowest BCUT2D eigenvalue weighted by molar-refractivity contribution is 0.0377. The molecule has 0 radical (unpaired) electrons. The van der Waals surface area contributed by atoms with E-state index >= 15 is 0 Å². The van der Waals surface area contributed by atoms with Crippen molar-refractivity contribution in [2.45, 2.75) is 25.8 Å². The molecule has 0 atom stereocenters. The highest BCUT2D eigenvalue weighted by atomic mass is 35.5. The molecule has 0 aliphatic rings. The first-order valence-corrected chi connectivity index (χ1v) is 5.03. The maximum atomic E-state index is 11.6. The van der Waals surface area contributed by atoms with Crippen LogP contribution in [0, 0.1) is 0 Å². The van der Waals surface area contributed by atoms with E-state index in [1.54, 1.807) is 12.1 Å². The van der Waals surface area contributed by atoms with Crippen LogP contribution in [0.4, 0.5) is 0 Å². The maximum absolute atomic E-state index is 11.6. The van der Waals surface area contributed by atoms with Crippen LogP contribution >= 0.6 is 11.6 Å². The van der Waals surface area contributed by atoms with E-state index in [-0.39, 0.29) is 12.1 Å². The van der Waals surface area contributed by atoms with E-state index in [0.29, 0.717) is 11.4 Å². The van der Waals surface area contributed by atoms with Crippen LogP contribution in [-0.4, -0.2) is 12.1 Å². The van der Waals surface area contributed by atoms with E-state index in [1.807, 2.05) is 26.0 Å². The summed E-state index contributed by atoms with van der Waals surface area (Å²) in [5, 5.41) is 0. The number of halogens is 1. The summed E-state index contributed by atoms with van der Waals surface area (Å²) >= 11 is 5.70. The number of alkyl halides is 1. The largest absolute Gasteiger partial charge is 0.459 e. The van der Waals surface area contributed by atoms with Crippen LogP contribution in [0.1, 0.15) is 29.8 Å². The van der Waals surface area contributed by atoms with Gasteiger partial charge in [0.05, 0.1) is 11.7 Å². The molecule has 0 saturated heterocycles. The van der Waals surface area contributed by atoms with Crippen molar-refractivity contribution in [3.05, 3.63) is 35.4 Å². The minimum atomic E-state index is -0.309. The van der Waals surface area contributed by atoms with Gasteiger partial charge in [0.1, 0.15) is 0 Å². The number of hydrogen-bond acceptors (Lipinski definition) is 2. The van der Waals surface area contributed by atoms with Crippen LogP contribution in [0.5, 0.6) is 0 Å². The summed E-state index contributed by atoms with van der Waals surface area (Å²) in [4.78, 5) is 11.6. The number of hydrogen-bond donors (Lipinski definition) is 0. The molecule has 0 fully saturated rings. The molecule has 0 aromatic heterocycles. The first-order valence-electron chi connectivity index (χ1n) is 4.50. The molecule has 0 heterocycles. The SMILES string of the molecule is CC(C)OC(=O)c1ccccc1CCl. The third-order valence-corrected chi connectivity index (χ3v) is 2.01. The summed E-state index contributed by atoms with van der Waals surface area (Å²) < 4.78 is 5.08. The first kappa shape index (κ1) is 11.1. The summed E-state index contributed by atoms with van der Waals surface area (Å²) in [6, 6.07) is 7.20. The molecule has 1 rings (SSSR count). The summed E-state index contributed by atoms with van der Waals surface area (Å²) in [6.07, 6.45) is -0.106. The fourth-order valence-electron chi connectivity index (χ4n) is 1.11. The van der Waals surface area contributed by atoms with Gasteiger partial charge in [0.25, 0.3) is 0 Å². The van der Waals surface area contributed by atoms with Crippen molar-refractivity contribution in [3.63, 3.8) is 0 Å². The van der Waals surface area contributed by atoms with Crippen LogP contribution < -0.4 is 0 Å². The molecule has 1 aromatic rings. The van der Waals surface area contributed by atoms with Crippen LogP contribution in [-0.2, 0) is 10.6 Å². The van der Waals surface area contributed by atoms with Gasteiger partial charge in [-0.3, -0.25) is 0 Å².